The highest BCUT2D eigenvalue weighted by molar-refractivity contribution is 7.98. The zero-order valence-electron chi connectivity index (χ0n) is 10.7. The van der Waals surface area contributed by atoms with E-state index in [4.69, 9.17) is 17.3 Å². The minimum absolute atomic E-state index is 0.324. The van der Waals surface area contributed by atoms with Crippen molar-refractivity contribution in [3.63, 3.8) is 0 Å². The highest BCUT2D eigenvalue weighted by atomic mass is 35.5. The van der Waals surface area contributed by atoms with E-state index in [9.17, 15) is 4.39 Å². The summed E-state index contributed by atoms with van der Waals surface area (Å²) >= 11 is 7.58. The third kappa shape index (κ3) is 2.82. The quantitative estimate of drug-likeness (QED) is 0.862. The summed E-state index contributed by atoms with van der Waals surface area (Å²) in [6.07, 6.45) is 2.30. The summed E-state index contributed by atoms with van der Waals surface area (Å²) in [5.41, 5.74) is 6.57. The van der Waals surface area contributed by atoms with E-state index in [1.807, 2.05) is 0 Å². The van der Waals surface area contributed by atoms with Crippen LogP contribution in [-0.2, 0) is 12.3 Å². The molecule has 1 aromatic carbocycles. The van der Waals surface area contributed by atoms with Crippen LogP contribution < -0.4 is 5.73 Å². The third-order valence-corrected chi connectivity index (χ3v) is 4.55. The lowest BCUT2D eigenvalue weighted by molar-refractivity contribution is 0.626. The molecule has 3 rings (SSSR count). The number of nitrogens with two attached hydrogens (primary N) is 1. The average molecular weight is 313 g/mol. The van der Waals surface area contributed by atoms with E-state index < -0.39 is 0 Å². The van der Waals surface area contributed by atoms with Crippen LogP contribution >= 0.6 is 23.4 Å². The van der Waals surface area contributed by atoms with E-state index in [0.717, 1.165) is 29.4 Å². The van der Waals surface area contributed by atoms with E-state index in [1.54, 1.807) is 17.8 Å². The van der Waals surface area contributed by atoms with Crippen LogP contribution in [0.1, 0.15) is 30.3 Å². The largest absolute Gasteiger partial charge is 0.324 e. The Morgan fingerprint density at radius 3 is 2.85 bits per heavy atom. The van der Waals surface area contributed by atoms with Gasteiger partial charge in [-0.15, -0.1) is 10.2 Å². The summed E-state index contributed by atoms with van der Waals surface area (Å²) in [6.45, 7) is 0.390. The smallest absolute Gasteiger partial charge is 0.191 e. The first-order valence-corrected chi connectivity index (χ1v) is 7.76. The number of nitrogens with zero attached hydrogens (tertiary/aromatic N) is 3. The van der Waals surface area contributed by atoms with Gasteiger partial charge in [-0.1, -0.05) is 29.4 Å². The van der Waals surface area contributed by atoms with Crippen LogP contribution in [-0.4, -0.2) is 14.8 Å². The molecule has 1 heterocycles. The van der Waals surface area contributed by atoms with Crippen LogP contribution in [0.2, 0.25) is 5.02 Å². The van der Waals surface area contributed by atoms with Gasteiger partial charge in [0.2, 0.25) is 0 Å². The molecule has 0 amide bonds. The molecule has 1 aromatic heterocycles. The van der Waals surface area contributed by atoms with Crippen molar-refractivity contribution in [1.82, 2.24) is 14.8 Å². The fourth-order valence-corrected chi connectivity index (χ4v) is 3.37. The molecule has 1 fully saturated rings. The Kier molecular flexibility index (Phi) is 3.96. The highest BCUT2D eigenvalue weighted by Crippen LogP contribution is 2.39. The number of aromatic nitrogens is 3. The maximum absolute atomic E-state index is 13.0. The molecule has 1 aliphatic carbocycles. The molecule has 0 aliphatic heterocycles. The summed E-state index contributed by atoms with van der Waals surface area (Å²) in [5.74, 6) is 1.13. The fraction of sp³-hybridized carbons (Fsp3) is 0.385. The van der Waals surface area contributed by atoms with Crippen LogP contribution in [0.25, 0.3) is 0 Å². The second-order valence-electron chi connectivity index (χ2n) is 4.73. The minimum atomic E-state index is -0.324. The van der Waals surface area contributed by atoms with Gasteiger partial charge in [0, 0.05) is 16.8 Å². The molecule has 1 saturated carbocycles. The predicted octanol–water partition coefficient (Wildman–Crippen LogP) is 3.16. The van der Waals surface area contributed by atoms with Crippen molar-refractivity contribution in [2.24, 2.45) is 5.73 Å². The van der Waals surface area contributed by atoms with Gasteiger partial charge in [-0.3, -0.25) is 0 Å². The summed E-state index contributed by atoms with van der Waals surface area (Å²) < 4.78 is 15.1. The monoisotopic (exact) mass is 312 g/mol. The molecule has 2 aromatic rings. The maximum atomic E-state index is 13.0. The van der Waals surface area contributed by atoms with Crippen molar-refractivity contribution in [3.8, 4) is 0 Å². The van der Waals surface area contributed by atoms with E-state index >= 15 is 0 Å². The molecule has 0 spiro atoms. The lowest BCUT2D eigenvalue weighted by Crippen LogP contribution is -2.08. The van der Waals surface area contributed by atoms with Crippen LogP contribution in [0, 0.1) is 5.82 Å². The zero-order valence-corrected chi connectivity index (χ0v) is 12.3. The van der Waals surface area contributed by atoms with E-state index in [2.05, 4.69) is 14.8 Å². The van der Waals surface area contributed by atoms with E-state index in [1.165, 1.54) is 12.1 Å². The summed E-state index contributed by atoms with van der Waals surface area (Å²) in [7, 11) is 0. The third-order valence-electron chi connectivity index (χ3n) is 3.20. The van der Waals surface area contributed by atoms with Gasteiger partial charge >= 0.3 is 0 Å². The number of benzene rings is 1. The maximum Gasteiger partial charge on any atom is 0.191 e. The van der Waals surface area contributed by atoms with Crippen LogP contribution in [0.5, 0.6) is 0 Å². The first-order valence-electron chi connectivity index (χ1n) is 6.39. The Balaban J connectivity index is 1.76. The second-order valence-corrected chi connectivity index (χ2v) is 6.08. The van der Waals surface area contributed by atoms with Crippen molar-refractivity contribution in [2.75, 3.05) is 0 Å². The SMILES string of the molecule is NCc1nnc(SCc2ccc(F)cc2Cl)n1C1CC1. The van der Waals surface area contributed by atoms with Crippen LogP contribution in [0.3, 0.4) is 0 Å². The summed E-state index contributed by atoms with van der Waals surface area (Å²) in [4.78, 5) is 0. The van der Waals surface area contributed by atoms with Gasteiger partial charge < -0.3 is 10.3 Å². The fourth-order valence-electron chi connectivity index (χ4n) is 2.03. The molecule has 2 N–H and O–H groups in total. The lowest BCUT2D eigenvalue weighted by atomic mass is 10.2. The predicted molar refractivity (Wildman–Crippen MR) is 77.2 cm³/mol. The Morgan fingerprint density at radius 2 is 2.20 bits per heavy atom. The van der Waals surface area contributed by atoms with Gasteiger partial charge in [0.15, 0.2) is 5.16 Å². The first kappa shape index (κ1) is 13.9. The number of halogens is 2. The van der Waals surface area contributed by atoms with Gasteiger partial charge in [0.05, 0.1) is 6.54 Å². The number of hydrogen-bond donors (Lipinski definition) is 1. The van der Waals surface area contributed by atoms with Gasteiger partial charge in [0.25, 0.3) is 0 Å². The molecular formula is C13H14ClFN4S. The van der Waals surface area contributed by atoms with Crippen LogP contribution in [0.15, 0.2) is 23.4 Å². The van der Waals surface area contributed by atoms with Crippen molar-refractivity contribution in [2.45, 2.75) is 36.3 Å². The summed E-state index contributed by atoms with van der Waals surface area (Å²) in [6, 6.07) is 4.93. The molecule has 20 heavy (non-hydrogen) atoms. The Bertz CT molecular complexity index is 627. The Labute approximate surface area is 125 Å². The van der Waals surface area contributed by atoms with Crippen molar-refractivity contribution >= 4 is 23.4 Å². The highest BCUT2D eigenvalue weighted by Gasteiger charge is 2.29. The van der Waals surface area contributed by atoms with Gasteiger partial charge in [-0.25, -0.2) is 4.39 Å². The number of hydrogen-bond acceptors (Lipinski definition) is 4. The van der Waals surface area contributed by atoms with Crippen molar-refractivity contribution in [3.05, 3.63) is 40.4 Å². The van der Waals surface area contributed by atoms with E-state index in [-0.39, 0.29) is 5.82 Å². The standard InChI is InChI=1S/C13H14ClFN4S/c14-11-5-9(15)2-1-8(11)7-20-13-18-17-12(6-16)19(13)10-3-4-10/h1-2,5,10H,3-4,6-7,16H2. The minimum Gasteiger partial charge on any atom is -0.324 e. The molecule has 0 atom stereocenters. The zero-order chi connectivity index (χ0) is 14.1. The molecule has 0 saturated heterocycles. The Morgan fingerprint density at radius 1 is 1.40 bits per heavy atom. The molecule has 0 unspecified atom stereocenters. The topological polar surface area (TPSA) is 56.7 Å². The average Bonchev–Trinajstić information content (AvgIpc) is 3.18. The lowest BCUT2D eigenvalue weighted by Gasteiger charge is -2.08. The van der Waals surface area contributed by atoms with Gasteiger partial charge in [-0.05, 0) is 30.5 Å². The first-order chi connectivity index (χ1) is 9.69. The van der Waals surface area contributed by atoms with E-state index in [0.29, 0.717) is 23.4 Å². The molecule has 1 aliphatic rings. The second kappa shape index (κ2) is 5.71. The van der Waals surface area contributed by atoms with Gasteiger partial charge in [-0.2, -0.15) is 0 Å². The van der Waals surface area contributed by atoms with Crippen molar-refractivity contribution < 1.29 is 4.39 Å². The molecule has 0 bridgehead atoms. The number of rotatable bonds is 5. The summed E-state index contributed by atoms with van der Waals surface area (Å²) in [5, 5.41) is 9.60. The molecular weight excluding hydrogens is 299 g/mol. The normalized spacial score (nSPS) is 14.8. The molecule has 7 heteroatoms. The molecule has 0 radical (unpaired) electrons. The van der Waals surface area contributed by atoms with Crippen molar-refractivity contribution in [1.29, 1.82) is 0 Å². The van der Waals surface area contributed by atoms with Crippen LogP contribution in [0.4, 0.5) is 4.39 Å². The molecule has 4 nitrogen and oxygen atoms in total. The number of thioether (sulfide) groups is 1. The Hall–Kier alpha value is -1.11. The molecule has 106 valence electrons. The van der Waals surface area contributed by atoms with Gasteiger partial charge in [0.1, 0.15) is 11.6 Å².